The summed E-state index contributed by atoms with van der Waals surface area (Å²) in [6, 6.07) is 21.4. The molecule has 1 saturated carbocycles. The Morgan fingerprint density at radius 1 is 0.950 bits per heavy atom. The van der Waals surface area contributed by atoms with Crippen LogP contribution in [0, 0.1) is 6.92 Å². The van der Waals surface area contributed by atoms with E-state index in [1.165, 1.54) is 17.0 Å². The van der Waals surface area contributed by atoms with Gasteiger partial charge in [0.15, 0.2) is 0 Å². The summed E-state index contributed by atoms with van der Waals surface area (Å²) in [4.78, 5) is 28.9. The molecule has 0 unspecified atom stereocenters. The van der Waals surface area contributed by atoms with Crippen LogP contribution >= 0.6 is 11.6 Å². The smallest absolute Gasteiger partial charge is 0.264 e. The van der Waals surface area contributed by atoms with Crippen molar-refractivity contribution < 1.29 is 18.0 Å². The van der Waals surface area contributed by atoms with Gasteiger partial charge in [-0.05, 0) is 68.7 Å². The van der Waals surface area contributed by atoms with E-state index >= 15 is 0 Å². The first kappa shape index (κ1) is 29.6. The second-order valence-electron chi connectivity index (χ2n) is 10.3. The van der Waals surface area contributed by atoms with Gasteiger partial charge in [-0.25, -0.2) is 8.42 Å². The number of anilines is 1. The molecule has 7 nitrogen and oxygen atoms in total. The van der Waals surface area contributed by atoms with Crippen molar-refractivity contribution in [2.45, 2.75) is 69.5 Å². The average molecular weight is 582 g/mol. The number of halogens is 1. The minimum absolute atomic E-state index is 0.0767. The predicted molar refractivity (Wildman–Crippen MR) is 159 cm³/mol. The van der Waals surface area contributed by atoms with Crippen molar-refractivity contribution in [3.63, 3.8) is 0 Å². The molecule has 1 aliphatic carbocycles. The van der Waals surface area contributed by atoms with Crippen LogP contribution in [0.1, 0.15) is 50.2 Å². The molecule has 0 bridgehead atoms. The normalized spacial score (nSPS) is 14.8. The molecular formula is C31H36ClN3O4S. The molecule has 3 aromatic carbocycles. The molecule has 4 rings (SSSR count). The van der Waals surface area contributed by atoms with E-state index in [9.17, 15) is 18.0 Å². The monoisotopic (exact) mass is 581 g/mol. The number of rotatable bonds is 10. The largest absolute Gasteiger partial charge is 0.352 e. The minimum atomic E-state index is -4.08. The molecule has 0 spiro atoms. The van der Waals surface area contributed by atoms with E-state index in [0.29, 0.717) is 10.7 Å². The van der Waals surface area contributed by atoms with E-state index in [4.69, 9.17) is 11.6 Å². The number of sulfonamides is 1. The summed E-state index contributed by atoms with van der Waals surface area (Å²) in [5, 5.41) is 3.62. The molecular weight excluding hydrogens is 546 g/mol. The maximum absolute atomic E-state index is 14.0. The Balaban J connectivity index is 1.66. The van der Waals surface area contributed by atoms with Crippen molar-refractivity contribution >= 4 is 39.1 Å². The number of carbonyl (C=O) groups excluding carboxylic acids is 2. The van der Waals surface area contributed by atoms with Crippen LogP contribution in [0.25, 0.3) is 0 Å². The quantitative estimate of drug-likeness (QED) is 0.332. The molecule has 1 fully saturated rings. The van der Waals surface area contributed by atoms with E-state index in [-0.39, 0.29) is 23.4 Å². The molecule has 0 radical (unpaired) electrons. The average Bonchev–Trinajstić information content (AvgIpc) is 2.95. The Kier molecular flexibility index (Phi) is 9.87. The van der Waals surface area contributed by atoms with Crippen LogP contribution in [0.4, 0.5) is 5.69 Å². The topological polar surface area (TPSA) is 86.8 Å². The molecule has 212 valence electrons. The number of amides is 2. The van der Waals surface area contributed by atoms with Gasteiger partial charge in [0.2, 0.25) is 11.8 Å². The Bertz CT molecular complexity index is 1410. The summed E-state index contributed by atoms with van der Waals surface area (Å²) in [5.74, 6) is -0.749. The van der Waals surface area contributed by atoms with Crippen molar-refractivity contribution in [2.24, 2.45) is 0 Å². The molecule has 0 saturated heterocycles. The van der Waals surface area contributed by atoms with Crippen LogP contribution in [-0.4, -0.2) is 43.8 Å². The number of benzene rings is 3. The second kappa shape index (κ2) is 13.3. The summed E-state index contributed by atoms with van der Waals surface area (Å²) >= 11 is 6.21. The van der Waals surface area contributed by atoms with Gasteiger partial charge in [-0.3, -0.25) is 13.9 Å². The Hall–Kier alpha value is -3.36. The summed E-state index contributed by atoms with van der Waals surface area (Å²) in [5.41, 5.74) is 2.07. The number of nitrogens with zero attached hydrogens (tertiary/aromatic N) is 2. The van der Waals surface area contributed by atoms with Gasteiger partial charge in [-0.15, -0.1) is 0 Å². The standard InChI is InChI=1S/C31H36ClN3O4S/c1-23-16-18-28(19-17-23)35(40(38,39)29-14-7-4-8-15-29)22-30(36)34(21-25-10-9-11-26(32)20-25)24(2)31(37)33-27-12-5-3-6-13-27/h4,7-11,14-20,24,27H,3,5-6,12-13,21-22H2,1-2H3,(H,33,37)/t24-/m1/s1. The first-order valence-electron chi connectivity index (χ1n) is 13.6. The van der Waals surface area contributed by atoms with Crippen LogP contribution in [0.15, 0.2) is 83.8 Å². The van der Waals surface area contributed by atoms with Crippen LogP contribution in [-0.2, 0) is 26.2 Å². The van der Waals surface area contributed by atoms with E-state index < -0.39 is 28.5 Å². The lowest BCUT2D eigenvalue weighted by atomic mass is 9.95. The molecule has 40 heavy (non-hydrogen) atoms. The highest BCUT2D eigenvalue weighted by molar-refractivity contribution is 7.92. The molecule has 9 heteroatoms. The summed E-state index contributed by atoms with van der Waals surface area (Å²) in [6.45, 7) is 3.22. The van der Waals surface area contributed by atoms with Gasteiger partial charge >= 0.3 is 0 Å². The fourth-order valence-corrected chi connectivity index (χ4v) is 6.59. The third-order valence-corrected chi connectivity index (χ3v) is 9.32. The van der Waals surface area contributed by atoms with Gasteiger partial charge < -0.3 is 10.2 Å². The number of aryl methyl sites for hydroxylation is 1. The van der Waals surface area contributed by atoms with Crippen LogP contribution in [0.3, 0.4) is 0 Å². The third kappa shape index (κ3) is 7.43. The van der Waals surface area contributed by atoms with Gasteiger partial charge in [-0.1, -0.05) is 78.9 Å². The van der Waals surface area contributed by atoms with Crippen LogP contribution < -0.4 is 9.62 Å². The van der Waals surface area contributed by atoms with Gasteiger partial charge in [0.05, 0.1) is 10.6 Å². The molecule has 0 aromatic heterocycles. The van der Waals surface area contributed by atoms with Crippen molar-refractivity contribution in [2.75, 3.05) is 10.8 Å². The first-order chi connectivity index (χ1) is 19.1. The maximum Gasteiger partial charge on any atom is 0.264 e. The number of hydrogen-bond acceptors (Lipinski definition) is 4. The minimum Gasteiger partial charge on any atom is -0.352 e. The van der Waals surface area contributed by atoms with Gasteiger partial charge in [-0.2, -0.15) is 0 Å². The van der Waals surface area contributed by atoms with Gasteiger partial charge in [0, 0.05) is 17.6 Å². The zero-order chi connectivity index (χ0) is 28.7. The molecule has 1 atom stereocenters. The Morgan fingerprint density at radius 3 is 2.27 bits per heavy atom. The van der Waals surface area contributed by atoms with Crippen molar-refractivity contribution in [3.05, 3.63) is 95.0 Å². The predicted octanol–water partition coefficient (Wildman–Crippen LogP) is 5.71. The number of carbonyl (C=O) groups is 2. The van der Waals surface area contributed by atoms with Gasteiger partial charge in [0.25, 0.3) is 10.0 Å². The van der Waals surface area contributed by atoms with Gasteiger partial charge in [0.1, 0.15) is 12.6 Å². The molecule has 0 heterocycles. The summed E-state index contributed by atoms with van der Waals surface area (Å²) in [6.07, 6.45) is 5.11. The van der Waals surface area contributed by atoms with E-state index in [0.717, 1.165) is 47.5 Å². The van der Waals surface area contributed by atoms with Crippen molar-refractivity contribution in [1.29, 1.82) is 0 Å². The number of nitrogens with one attached hydrogen (secondary N) is 1. The molecule has 0 aliphatic heterocycles. The van der Waals surface area contributed by atoms with Crippen LogP contribution in [0.5, 0.6) is 0 Å². The fourth-order valence-electron chi connectivity index (χ4n) is 4.94. The van der Waals surface area contributed by atoms with E-state index in [1.54, 1.807) is 67.6 Å². The highest BCUT2D eigenvalue weighted by Gasteiger charge is 2.33. The zero-order valence-corrected chi connectivity index (χ0v) is 24.5. The summed E-state index contributed by atoms with van der Waals surface area (Å²) in [7, 11) is -4.08. The molecule has 1 aliphatic rings. The lowest BCUT2D eigenvalue weighted by molar-refractivity contribution is -0.139. The van der Waals surface area contributed by atoms with E-state index in [2.05, 4.69) is 5.32 Å². The first-order valence-corrected chi connectivity index (χ1v) is 15.5. The van der Waals surface area contributed by atoms with E-state index in [1.807, 2.05) is 13.0 Å². The summed E-state index contributed by atoms with van der Waals surface area (Å²) < 4.78 is 28.7. The lowest BCUT2D eigenvalue weighted by Crippen LogP contribution is -2.53. The molecule has 2 amide bonds. The third-order valence-electron chi connectivity index (χ3n) is 7.29. The van der Waals surface area contributed by atoms with Crippen molar-refractivity contribution in [3.8, 4) is 0 Å². The highest BCUT2D eigenvalue weighted by atomic mass is 35.5. The van der Waals surface area contributed by atoms with Crippen molar-refractivity contribution in [1.82, 2.24) is 10.2 Å². The number of hydrogen-bond donors (Lipinski definition) is 1. The second-order valence-corrected chi connectivity index (χ2v) is 12.6. The lowest BCUT2D eigenvalue weighted by Gasteiger charge is -2.33. The maximum atomic E-state index is 14.0. The SMILES string of the molecule is Cc1ccc(N(CC(=O)N(Cc2cccc(Cl)c2)[C@H](C)C(=O)NC2CCCCC2)S(=O)(=O)c2ccccc2)cc1. The van der Waals surface area contributed by atoms with Crippen LogP contribution in [0.2, 0.25) is 5.02 Å². The zero-order valence-electron chi connectivity index (χ0n) is 22.9. The molecule has 3 aromatic rings. The molecule has 1 N–H and O–H groups in total. The fraction of sp³-hybridized carbons (Fsp3) is 0.355. The highest BCUT2D eigenvalue weighted by Crippen LogP contribution is 2.25. The Labute approximate surface area is 242 Å². The Morgan fingerprint density at radius 2 is 1.62 bits per heavy atom.